The van der Waals surface area contributed by atoms with E-state index in [-0.39, 0.29) is 23.6 Å². The van der Waals surface area contributed by atoms with E-state index in [0.717, 1.165) is 23.7 Å². The van der Waals surface area contributed by atoms with Gasteiger partial charge in [0.15, 0.2) is 0 Å². The van der Waals surface area contributed by atoms with E-state index in [9.17, 15) is 9.59 Å². The molecule has 4 heterocycles. The first-order valence-electron chi connectivity index (χ1n) is 10.9. The molecule has 6 rings (SSSR count). The van der Waals surface area contributed by atoms with E-state index in [0.29, 0.717) is 30.1 Å². The second-order valence-electron chi connectivity index (χ2n) is 8.40. The van der Waals surface area contributed by atoms with Gasteiger partial charge in [0.25, 0.3) is 5.56 Å². The lowest BCUT2D eigenvalue weighted by Gasteiger charge is -2.32. The van der Waals surface area contributed by atoms with E-state index < -0.39 is 0 Å². The van der Waals surface area contributed by atoms with Crippen LogP contribution in [0.1, 0.15) is 24.3 Å². The third-order valence-electron chi connectivity index (χ3n) is 6.56. The molecule has 2 aromatic carbocycles. The van der Waals surface area contributed by atoms with E-state index >= 15 is 0 Å². The number of rotatable bonds is 3. The normalized spacial score (nSPS) is 15.2. The minimum atomic E-state index is -0.326. The number of carbonyl (C=O) groups is 1. The Balaban J connectivity index is 1.18. The standard InChI is InChI=1S/C25H22N4O3/c30-22(14-29-15-27-23-18-6-2-4-8-21(18)32-24(23)25(29)31)28-11-9-16(10-12-28)19-13-26-20-7-3-1-5-17(19)20/h1-8,13,15-16,26H,9-12,14H2. The number of likely N-dealkylation sites (tertiary alicyclic amines) is 1. The van der Waals surface area contributed by atoms with Gasteiger partial charge in [-0.3, -0.25) is 14.2 Å². The number of hydrogen-bond acceptors (Lipinski definition) is 4. The number of benzene rings is 2. The number of hydrogen-bond donors (Lipinski definition) is 1. The summed E-state index contributed by atoms with van der Waals surface area (Å²) in [6.45, 7) is 1.33. The number of amides is 1. The molecule has 0 aliphatic carbocycles. The minimum Gasteiger partial charge on any atom is -0.448 e. The second kappa shape index (κ2) is 7.37. The number of furan rings is 1. The van der Waals surface area contributed by atoms with Crippen LogP contribution in [0.15, 0.2) is 70.3 Å². The molecule has 1 amide bonds. The summed E-state index contributed by atoms with van der Waals surface area (Å²) in [4.78, 5) is 35.4. The van der Waals surface area contributed by atoms with Crippen LogP contribution in [0.3, 0.4) is 0 Å². The molecule has 1 N–H and O–H groups in total. The lowest BCUT2D eigenvalue weighted by atomic mass is 9.89. The van der Waals surface area contributed by atoms with E-state index in [2.05, 4.69) is 34.4 Å². The molecule has 0 radical (unpaired) electrons. The molecule has 1 fully saturated rings. The van der Waals surface area contributed by atoms with Gasteiger partial charge < -0.3 is 14.3 Å². The molecule has 0 saturated carbocycles. The van der Waals surface area contributed by atoms with Gasteiger partial charge in [0.1, 0.15) is 17.6 Å². The van der Waals surface area contributed by atoms with E-state index in [1.54, 1.807) is 0 Å². The summed E-state index contributed by atoms with van der Waals surface area (Å²) in [5.74, 6) is 0.355. The maximum absolute atomic E-state index is 12.9. The first-order chi connectivity index (χ1) is 15.7. The molecule has 1 aliphatic rings. The number of fused-ring (bicyclic) bond motifs is 4. The Kier molecular flexibility index (Phi) is 4.35. The molecule has 1 aliphatic heterocycles. The molecule has 0 atom stereocenters. The highest BCUT2D eigenvalue weighted by Crippen LogP contribution is 2.33. The van der Waals surface area contributed by atoms with Gasteiger partial charge >= 0.3 is 0 Å². The highest BCUT2D eigenvalue weighted by Gasteiger charge is 2.26. The lowest BCUT2D eigenvalue weighted by Crippen LogP contribution is -2.41. The van der Waals surface area contributed by atoms with Gasteiger partial charge in [-0.25, -0.2) is 4.98 Å². The Hall–Kier alpha value is -3.87. The molecule has 160 valence electrons. The van der Waals surface area contributed by atoms with E-state index in [1.807, 2.05) is 35.2 Å². The molecule has 1 saturated heterocycles. The summed E-state index contributed by atoms with van der Waals surface area (Å²) >= 11 is 0. The molecule has 0 unspecified atom stereocenters. The number of H-pyrrole nitrogens is 1. The van der Waals surface area contributed by atoms with E-state index in [4.69, 9.17) is 4.42 Å². The van der Waals surface area contributed by atoms with Gasteiger partial charge in [0.05, 0.1) is 6.33 Å². The second-order valence-corrected chi connectivity index (χ2v) is 8.40. The van der Waals surface area contributed by atoms with Gasteiger partial charge in [0.2, 0.25) is 11.5 Å². The van der Waals surface area contributed by atoms with Gasteiger partial charge in [-0.2, -0.15) is 0 Å². The molecule has 5 aromatic rings. The zero-order valence-corrected chi connectivity index (χ0v) is 17.5. The van der Waals surface area contributed by atoms with Crippen LogP contribution in [0, 0.1) is 0 Å². The van der Waals surface area contributed by atoms with Crippen LogP contribution in [0.2, 0.25) is 0 Å². The van der Waals surface area contributed by atoms with E-state index in [1.165, 1.54) is 21.8 Å². The van der Waals surface area contributed by atoms with Crippen molar-refractivity contribution in [3.63, 3.8) is 0 Å². The maximum atomic E-state index is 12.9. The SMILES string of the molecule is O=C(Cn1cnc2c(oc3ccccc32)c1=O)N1CCC(c2c[nH]c3ccccc23)CC1. The molecular weight excluding hydrogens is 404 g/mol. The number of piperidine rings is 1. The number of nitrogens with zero attached hydrogens (tertiary/aromatic N) is 3. The number of para-hydroxylation sites is 2. The topological polar surface area (TPSA) is 84.1 Å². The zero-order valence-electron chi connectivity index (χ0n) is 17.5. The van der Waals surface area contributed by atoms with Crippen LogP contribution in [0.4, 0.5) is 0 Å². The summed E-state index contributed by atoms with van der Waals surface area (Å²) in [6.07, 6.45) is 5.36. The van der Waals surface area contributed by atoms with Crippen LogP contribution in [-0.4, -0.2) is 38.4 Å². The van der Waals surface area contributed by atoms with Crippen molar-refractivity contribution in [3.05, 3.63) is 77.0 Å². The average molecular weight is 426 g/mol. The lowest BCUT2D eigenvalue weighted by molar-refractivity contribution is -0.132. The smallest absolute Gasteiger partial charge is 0.297 e. The van der Waals surface area contributed by atoms with Crippen LogP contribution in [0.5, 0.6) is 0 Å². The number of aromatic amines is 1. The monoisotopic (exact) mass is 426 g/mol. The highest BCUT2D eigenvalue weighted by atomic mass is 16.3. The molecule has 7 heteroatoms. The molecule has 32 heavy (non-hydrogen) atoms. The van der Waals surface area contributed by atoms with Crippen LogP contribution >= 0.6 is 0 Å². The number of aromatic nitrogens is 3. The first kappa shape index (κ1) is 18.9. The van der Waals surface area contributed by atoms with Crippen LogP contribution in [-0.2, 0) is 11.3 Å². The van der Waals surface area contributed by atoms with Gasteiger partial charge in [0, 0.05) is 35.6 Å². The van der Waals surface area contributed by atoms with Crippen molar-refractivity contribution in [2.24, 2.45) is 0 Å². The summed E-state index contributed by atoms with van der Waals surface area (Å²) in [6, 6.07) is 15.7. The zero-order chi connectivity index (χ0) is 21.7. The van der Waals surface area contributed by atoms with Crippen LogP contribution in [0.25, 0.3) is 33.0 Å². The van der Waals surface area contributed by atoms with Crippen molar-refractivity contribution < 1.29 is 9.21 Å². The van der Waals surface area contributed by atoms with Crippen molar-refractivity contribution in [2.45, 2.75) is 25.3 Å². The predicted octanol–water partition coefficient (Wildman–Crippen LogP) is 4.03. The van der Waals surface area contributed by atoms with Crippen LogP contribution < -0.4 is 5.56 Å². The molecule has 3 aromatic heterocycles. The fourth-order valence-corrected chi connectivity index (χ4v) is 4.85. The van der Waals surface area contributed by atoms with Gasteiger partial charge in [-0.15, -0.1) is 0 Å². The summed E-state index contributed by atoms with van der Waals surface area (Å²) in [5, 5.41) is 2.06. The molecule has 0 bridgehead atoms. The summed E-state index contributed by atoms with van der Waals surface area (Å²) in [5.41, 5.74) is 3.49. The number of carbonyl (C=O) groups excluding carboxylic acids is 1. The van der Waals surface area contributed by atoms with Crippen molar-refractivity contribution in [3.8, 4) is 0 Å². The van der Waals surface area contributed by atoms with Crippen molar-refractivity contribution in [2.75, 3.05) is 13.1 Å². The van der Waals surface area contributed by atoms with Crippen molar-refractivity contribution in [1.82, 2.24) is 19.4 Å². The fourth-order valence-electron chi connectivity index (χ4n) is 4.85. The minimum absolute atomic E-state index is 0.0312. The Labute approximate surface area is 183 Å². The van der Waals surface area contributed by atoms with Crippen molar-refractivity contribution >= 4 is 38.9 Å². The quantitative estimate of drug-likeness (QED) is 0.472. The molecular formula is C25H22N4O3. The first-order valence-corrected chi connectivity index (χ1v) is 10.9. The van der Waals surface area contributed by atoms with Gasteiger partial charge in [-0.05, 0) is 42.5 Å². The Morgan fingerprint density at radius 2 is 1.81 bits per heavy atom. The highest BCUT2D eigenvalue weighted by molar-refractivity contribution is 6.01. The molecule has 0 spiro atoms. The third kappa shape index (κ3) is 3.00. The summed E-state index contributed by atoms with van der Waals surface area (Å²) < 4.78 is 7.06. The third-order valence-corrected chi connectivity index (χ3v) is 6.56. The van der Waals surface area contributed by atoms with Crippen molar-refractivity contribution in [1.29, 1.82) is 0 Å². The summed E-state index contributed by atoms with van der Waals surface area (Å²) in [7, 11) is 0. The predicted molar refractivity (Wildman–Crippen MR) is 123 cm³/mol. The maximum Gasteiger partial charge on any atom is 0.297 e. The Morgan fingerprint density at radius 1 is 1.06 bits per heavy atom. The molecule has 7 nitrogen and oxygen atoms in total. The number of nitrogens with one attached hydrogen (secondary N) is 1. The Morgan fingerprint density at radius 3 is 2.66 bits per heavy atom. The fraction of sp³-hybridized carbons (Fsp3) is 0.240. The Bertz CT molecular complexity index is 1520. The average Bonchev–Trinajstić information content (AvgIpc) is 3.43. The van der Waals surface area contributed by atoms with Gasteiger partial charge in [-0.1, -0.05) is 30.3 Å². The largest absolute Gasteiger partial charge is 0.448 e.